The number of rotatable bonds is 2. The van der Waals surface area contributed by atoms with Crippen LogP contribution < -0.4 is 0 Å². The molecular formula is C10H5BrO3S. The van der Waals surface area contributed by atoms with Crippen molar-refractivity contribution in [3.05, 3.63) is 33.1 Å². The Hall–Kier alpha value is -1.20. The Morgan fingerprint density at radius 2 is 2.20 bits per heavy atom. The van der Waals surface area contributed by atoms with Crippen LogP contribution in [0.4, 0.5) is 0 Å². The molecule has 76 valence electrons. The van der Waals surface area contributed by atoms with Gasteiger partial charge in [0, 0.05) is 20.1 Å². The van der Waals surface area contributed by atoms with Crippen molar-refractivity contribution < 1.29 is 14.7 Å². The third-order valence-electron chi connectivity index (χ3n) is 2.01. The lowest BCUT2D eigenvalue weighted by Gasteiger charge is -1.94. The highest BCUT2D eigenvalue weighted by Gasteiger charge is 2.18. The van der Waals surface area contributed by atoms with E-state index in [9.17, 15) is 9.59 Å². The van der Waals surface area contributed by atoms with E-state index in [1.54, 1.807) is 12.1 Å². The van der Waals surface area contributed by atoms with Crippen molar-refractivity contribution in [2.45, 2.75) is 0 Å². The van der Waals surface area contributed by atoms with Gasteiger partial charge in [-0.1, -0.05) is 22.0 Å². The predicted molar refractivity (Wildman–Crippen MR) is 61.9 cm³/mol. The molecule has 1 aromatic carbocycles. The van der Waals surface area contributed by atoms with E-state index in [4.69, 9.17) is 5.11 Å². The van der Waals surface area contributed by atoms with Crippen LogP contribution in [0, 0.1) is 0 Å². The van der Waals surface area contributed by atoms with Gasteiger partial charge >= 0.3 is 5.97 Å². The largest absolute Gasteiger partial charge is 0.477 e. The normalized spacial score (nSPS) is 10.5. The summed E-state index contributed by atoms with van der Waals surface area (Å²) < 4.78 is 1.54. The molecule has 0 aliphatic heterocycles. The summed E-state index contributed by atoms with van der Waals surface area (Å²) in [6, 6.07) is 5.39. The van der Waals surface area contributed by atoms with Gasteiger partial charge in [0.1, 0.15) is 4.88 Å². The quantitative estimate of drug-likeness (QED) is 0.862. The molecule has 0 aliphatic rings. The average molecular weight is 285 g/mol. The van der Waals surface area contributed by atoms with Gasteiger partial charge in [0.25, 0.3) is 0 Å². The standard InChI is InChI=1S/C10H5BrO3S/c11-6-2-1-3-7-8(6)5(4-12)9(15-7)10(13)14/h1-4H,(H,13,14). The molecule has 0 radical (unpaired) electrons. The topological polar surface area (TPSA) is 54.4 Å². The molecule has 0 atom stereocenters. The minimum atomic E-state index is -1.06. The highest BCUT2D eigenvalue weighted by molar-refractivity contribution is 9.10. The van der Waals surface area contributed by atoms with Crippen molar-refractivity contribution in [1.82, 2.24) is 0 Å². The lowest BCUT2D eigenvalue weighted by Crippen LogP contribution is -1.96. The monoisotopic (exact) mass is 284 g/mol. The number of carbonyl (C=O) groups excluding carboxylic acids is 1. The molecule has 0 fully saturated rings. The van der Waals surface area contributed by atoms with E-state index in [1.807, 2.05) is 6.07 Å². The number of thiophene rings is 1. The third-order valence-corrected chi connectivity index (χ3v) is 3.83. The summed E-state index contributed by atoms with van der Waals surface area (Å²) in [5.41, 5.74) is 0.245. The van der Waals surface area contributed by atoms with Crippen molar-refractivity contribution in [1.29, 1.82) is 0 Å². The Morgan fingerprint density at radius 1 is 1.47 bits per heavy atom. The van der Waals surface area contributed by atoms with Crippen LogP contribution in [0.5, 0.6) is 0 Å². The fraction of sp³-hybridized carbons (Fsp3) is 0. The Balaban J connectivity index is 2.92. The Labute approximate surface area is 97.5 Å². The molecule has 1 heterocycles. The molecule has 0 bridgehead atoms. The van der Waals surface area contributed by atoms with E-state index in [0.29, 0.717) is 11.7 Å². The number of hydrogen-bond donors (Lipinski definition) is 1. The van der Waals surface area contributed by atoms with E-state index in [1.165, 1.54) is 0 Å². The molecule has 0 aliphatic carbocycles. The number of aldehydes is 1. The summed E-state index contributed by atoms with van der Waals surface area (Å²) in [7, 11) is 0. The lowest BCUT2D eigenvalue weighted by atomic mass is 10.1. The number of halogens is 1. The Morgan fingerprint density at radius 3 is 2.80 bits per heavy atom. The van der Waals surface area contributed by atoms with Gasteiger partial charge in [-0.15, -0.1) is 11.3 Å². The maximum Gasteiger partial charge on any atom is 0.346 e. The summed E-state index contributed by atoms with van der Waals surface area (Å²) in [6.07, 6.45) is 0.590. The van der Waals surface area contributed by atoms with E-state index >= 15 is 0 Å². The van der Waals surface area contributed by atoms with Gasteiger partial charge in [-0.2, -0.15) is 0 Å². The highest BCUT2D eigenvalue weighted by atomic mass is 79.9. The lowest BCUT2D eigenvalue weighted by molar-refractivity contribution is 0.0699. The number of carboxylic acids is 1. The van der Waals surface area contributed by atoms with Crippen molar-refractivity contribution >= 4 is 49.6 Å². The number of aromatic carboxylic acids is 1. The molecule has 2 rings (SSSR count). The van der Waals surface area contributed by atoms with Crippen molar-refractivity contribution in [2.75, 3.05) is 0 Å². The number of fused-ring (bicyclic) bond motifs is 1. The first kappa shape index (κ1) is 10.3. The average Bonchev–Trinajstić information content (AvgIpc) is 2.57. The molecule has 1 N–H and O–H groups in total. The molecule has 3 nitrogen and oxygen atoms in total. The SMILES string of the molecule is O=Cc1c(C(=O)O)sc2cccc(Br)c12. The smallest absolute Gasteiger partial charge is 0.346 e. The van der Waals surface area contributed by atoms with Gasteiger partial charge in [0.15, 0.2) is 6.29 Å². The third kappa shape index (κ3) is 1.57. The first-order chi connectivity index (χ1) is 7.15. The van der Waals surface area contributed by atoms with Crippen LogP contribution in [0.3, 0.4) is 0 Å². The summed E-state index contributed by atoms with van der Waals surface area (Å²) in [5, 5.41) is 9.60. The summed E-state index contributed by atoms with van der Waals surface area (Å²) in [5.74, 6) is -1.06. The molecule has 0 unspecified atom stereocenters. The zero-order valence-electron chi connectivity index (χ0n) is 7.36. The second-order valence-corrected chi connectivity index (χ2v) is 4.79. The minimum absolute atomic E-state index is 0.0897. The van der Waals surface area contributed by atoms with Crippen LogP contribution in [-0.4, -0.2) is 17.4 Å². The molecule has 5 heteroatoms. The number of benzene rings is 1. The van der Waals surface area contributed by atoms with E-state index < -0.39 is 5.97 Å². The maximum absolute atomic E-state index is 10.9. The maximum atomic E-state index is 10.9. The number of carbonyl (C=O) groups is 2. The summed E-state index contributed by atoms with van der Waals surface area (Å²) in [6.45, 7) is 0. The zero-order valence-corrected chi connectivity index (χ0v) is 9.76. The van der Waals surface area contributed by atoms with E-state index in [2.05, 4.69) is 15.9 Å². The van der Waals surface area contributed by atoms with Crippen LogP contribution in [0.1, 0.15) is 20.0 Å². The highest BCUT2D eigenvalue weighted by Crippen LogP contribution is 2.35. The van der Waals surface area contributed by atoms with E-state index in [-0.39, 0.29) is 10.4 Å². The molecule has 0 saturated carbocycles. The number of carboxylic acid groups (broad SMARTS) is 1. The zero-order chi connectivity index (χ0) is 11.0. The molecular weight excluding hydrogens is 280 g/mol. The molecule has 0 saturated heterocycles. The summed E-state index contributed by atoms with van der Waals surface area (Å²) >= 11 is 4.42. The van der Waals surface area contributed by atoms with E-state index in [0.717, 1.165) is 20.5 Å². The van der Waals surface area contributed by atoms with Gasteiger partial charge in [-0.3, -0.25) is 4.79 Å². The fourth-order valence-electron chi connectivity index (χ4n) is 1.40. The van der Waals surface area contributed by atoms with Gasteiger partial charge in [0.2, 0.25) is 0 Å². The van der Waals surface area contributed by atoms with Gasteiger partial charge in [0.05, 0.1) is 0 Å². The molecule has 0 amide bonds. The Bertz CT molecular complexity index is 559. The van der Waals surface area contributed by atoms with Crippen molar-refractivity contribution in [3.8, 4) is 0 Å². The molecule has 2 aromatic rings. The van der Waals surface area contributed by atoms with Crippen molar-refractivity contribution in [3.63, 3.8) is 0 Å². The number of hydrogen-bond acceptors (Lipinski definition) is 3. The fourth-order valence-corrected chi connectivity index (χ4v) is 3.15. The molecule has 15 heavy (non-hydrogen) atoms. The van der Waals surface area contributed by atoms with Crippen molar-refractivity contribution in [2.24, 2.45) is 0 Å². The van der Waals surface area contributed by atoms with Crippen LogP contribution >= 0.6 is 27.3 Å². The second kappa shape index (κ2) is 3.75. The predicted octanol–water partition coefficient (Wildman–Crippen LogP) is 3.17. The van der Waals surface area contributed by atoms with Crippen LogP contribution in [0.15, 0.2) is 22.7 Å². The first-order valence-electron chi connectivity index (χ1n) is 4.04. The van der Waals surface area contributed by atoms with Gasteiger partial charge in [-0.25, -0.2) is 4.79 Å². The van der Waals surface area contributed by atoms with Crippen LogP contribution in [0.25, 0.3) is 10.1 Å². The first-order valence-corrected chi connectivity index (χ1v) is 5.65. The Kier molecular flexibility index (Phi) is 2.58. The minimum Gasteiger partial charge on any atom is -0.477 e. The molecule has 1 aromatic heterocycles. The summed E-state index contributed by atoms with van der Waals surface area (Å²) in [4.78, 5) is 21.9. The van der Waals surface area contributed by atoms with Crippen LogP contribution in [0.2, 0.25) is 0 Å². The van der Waals surface area contributed by atoms with Gasteiger partial charge < -0.3 is 5.11 Å². The molecule has 0 spiro atoms. The second-order valence-electron chi connectivity index (χ2n) is 2.88. The van der Waals surface area contributed by atoms with Gasteiger partial charge in [-0.05, 0) is 12.1 Å². The van der Waals surface area contributed by atoms with Crippen LogP contribution in [-0.2, 0) is 0 Å².